The molecule has 0 N–H and O–H groups in total. The molecule has 0 atom stereocenters. The van der Waals surface area contributed by atoms with Crippen LogP contribution < -0.4 is 9.47 Å². The van der Waals surface area contributed by atoms with E-state index in [1.165, 1.54) is 13.8 Å². The predicted octanol–water partition coefficient (Wildman–Crippen LogP) is 4.34. The van der Waals surface area contributed by atoms with Crippen LogP contribution in [0.5, 0.6) is 11.5 Å². The molecule has 6 heteroatoms. The highest BCUT2D eigenvalue weighted by atomic mass is 33.1. The van der Waals surface area contributed by atoms with Gasteiger partial charge in [0.2, 0.25) is 0 Å². The normalized spacial score (nSPS) is 10.1. The monoisotopic (exact) mass is 334 g/mol. The Balaban J connectivity index is 1.89. The summed E-state index contributed by atoms with van der Waals surface area (Å²) >= 11 is 0. The third-order valence-corrected chi connectivity index (χ3v) is 4.82. The molecule has 0 amide bonds. The zero-order valence-electron chi connectivity index (χ0n) is 12.1. The van der Waals surface area contributed by atoms with Crippen LogP contribution in [0.15, 0.2) is 58.3 Å². The van der Waals surface area contributed by atoms with Crippen molar-refractivity contribution in [1.82, 2.24) is 0 Å². The van der Waals surface area contributed by atoms with Crippen LogP contribution in [0.25, 0.3) is 0 Å². The summed E-state index contributed by atoms with van der Waals surface area (Å²) in [4.78, 5) is 23.8. The van der Waals surface area contributed by atoms with Crippen molar-refractivity contribution in [1.29, 1.82) is 0 Å². The van der Waals surface area contributed by atoms with Gasteiger partial charge in [0, 0.05) is 23.6 Å². The summed E-state index contributed by atoms with van der Waals surface area (Å²) in [6, 6.07) is 14.6. The Kier molecular flexibility index (Phi) is 5.91. The fraction of sp³-hybridized carbons (Fsp3) is 0.125. The fourth-order valence-electron chi connectivity index (χ4n) is 1.55. The largest absolute Gasteiger partial charge is 0.427 e. The van der Waals surface area contributed by atoms with Gasteiger partial charge >= 0.3 is 11.9 Å². The second-order valence-corrected chi connectivity index (χ2v) is 6.57. The second kappa shape index (κ2) is 7.91. The van der Waals surface area contributed by atoms with Crippen LogP contribution in [0, 0.1) is 0 Å². The minimum absolute atomic E-state index is 0.331. The van der Waals surface area contributed by atoms with Gasteiger partial charge < -0.3 is 9.47 Å². The number of hydrogen-bond donors (Lipinski definition) is 0. The Morgan fingerprint density at radius 1 is 0.682 bits per heavy atom. The summed E-state index contributed by atoms with van der Waals surface area (Å²) in [5.74, 6) is 0.408. The lowest BCUT2D eigenvalue weighted by molar-refractivity contribution is -0.132. The molecule has 114 valence electrons. The molecule has 0 bridgehead atoms. The molecule has 0 unspecified atom stereocenters. The van der Waals surface area contributed by atoms with E-state index < -0.39 is 0 Å². The third-order valence-electron chi connectivity index (χ3n) is 2.40. The van der Waals surface area contributed by atoms with Crippen LogP contribution >= 0.6 is 21.6 Å². The van der Waals surface area contributed by atoms with Gasteiger partial charge in [-0.3, -0.25) is 9.59 Å². The van der Waals surface area contributed by atoms with Gasteiger partial charge in [-0.25, -0.2) is 0 Å². The molecule has 0 aromatic heterocycles. The van der Waals surface area contributed by atoms with E-state index in [9.17, 15) is 9.59 Å². The third kappa shape index (κ3) is 5.46. The van der Waals surface area contributed by atoms with E-state index in [0.29, 0.717) is 11.5 Å². The Labute approximate surface area is 136 Å². The maximum atomic E-state index is 10.8. The van der Waals surface area contributed by atoms with Crippen molar-refractivity contribution in [3.05, 3.63) is 48.5 Å². The van der Waals surface area contributed by atoms with Crippen LogP contribution in [0.2, 0.25) is 0 Å². The van der Waals surface area contributed by atoms with Crippen molar-refractivity contribution < 1.29 is 19.1 Å². The summed E-state index contributed by atoms with van der Waals surface area (Å²) in [5.41, 5.74) is 0. The molecule has 2 aromatic carbocycles. The Morgan fingerprint density at radius 2 is 1.00 bits per heavy atom. The topological polar surface area (TPSA) is 52.6 Å². The van der Waals surface area contributed by atoms with Gasteiger partial charge in [0.15, 0.2) is 0 Å². The highest BCUT2D eigenvalue weighted by molar-refractivity contribution is 8.76. The standard InChI is InChI=1S/C16H14O4S2/c1-11(17)19-13-3-7-15(8-4-13)21-22-16-9-5-14(6-10-16)20-12(2)18/h3-10H,1-2H3. The quantitative estimate of drug-likeness (QED) is 0.461. The van der Waals surface area contributed by atoms with Gasteiger partial charge in [-0.1, -0.05) is 21.6 Å². The predicted molar refractivity (Wildman–Crippen MR) is 87.2 cm³/mol. The van der Waals surface area contributed by atoms with Gasteiger partial charge in [-0.2, -0.15) is 0 Å². The minimum Gasteiger partial charge on any atom is -0.427 e. The van der Waals surface area contributed by atoms with E-state index in [1.807, 2.05) is 24.3 Å². The number of esters is 2. The molecule has 0 aliphatic rings. The minimum atomic E-state index is -0.331. The summed E-state index contributed by atoms with van der Waals surface area (Å²) < 4.78 is 9.96. The van der Waals surface area contributed by atoms with E-state index in [0.717, 1.165) is 9.79 Å². The van der Waals surface area contributed by atoms with E-state index >= 15 is 0 Å². The number of carbonyl (C=O) groups is 2. The molecule has 4 nitrogen and oxygen atoms in total. The highest BCUT2D eigenvalue weighted by Gasteiger charge is 2.02. The molecule has 0 saturated heterocycles. The lowest BCUT2D eigenvalue weighted by Crippen LogP contribution is -2.00. The molecule has 0 spiro atoms. The summed E-state index contributed by atoms with van der Waals surface area (Å²) in [6.45, 7) is 2.75. The molecule has 0 saturated carbocycles. The van der Waals surface area contributed by atoms with Crippen LogP contribution in [-0.2, 0) is 9.59 Å². The Bertz CT molecular complexity index is 591. The Hall–Kier alpha value is -1.92. The maximum absolute atomic E-state index is 10.8. The van der Waals surface area contributed by atoms with Gasteiger partial charge in [-0.15, -0.1) is 0 Å². The van der Waals surface area contributed by atoms with E-state index in [-0.39, 0.29) is 11.9 Å². The van der Waals surface area contributed by atoms with E-state index in [4.69, 9.17) is 9.47 Å². The SMILES string of the molecule is CC(=O)Oc1ccc(SSc2ccc(OC(C)=O)cc2)cc1. The van der Waals surface area contributed by atoms with Gasteiger partial charge in [0.05, 0.1) is 0 Å². The van der Waals surface area contributed by atoms with E-state index in [1.54, 1.807) is 45.9 Å². The first-order valence-corrected chi connectivity index (χ1v) is 8.59. The molecule has 22 heavy (non-hydrogen) atoms. The molecular formula is C16H14O4S2. The van der Waals surface area contributed by atoms with Crippen LogP contribution in [0.4, 0.5) is 0 Å². The number of hydrogen-bond acceptors (Lipinski definition) is 6. The number of benzene rings is 2. The zero-order valence-corrected chi connectivity index (χ0v) is 13.7. The average Bonchev–Trinajstić information content (AvgIpc) is 2.47. The van der Waals surface area contributed by atoms with Crippen molar-refractivity contribution >= 4 is 33.5 Å². The number of ether oxygens (including phenoxy) is 2. The molecule has 0 fully saturated rings. The lowest BCUT2D eigenvalue weighted by Gasteiger charge is -2.05. The van der Waals surface area contributed by atoms with Crippen LogP contribution in [-0.4, -0.2) is 11.9 Å². The summed E-state index contributed by atoms with van der Waals surface area (Å²) in [6.07, 6.45) is 0. The van der Waals surface area contributed by atoms with Crippen molar-refractivity contribution in [2.45, 2.75) is 23.6 Å². The van der Waals surface area contributed by atoms with Crippen molar-refractivity contribution in [2.24, 2.45) is 0 Å². The molecule has 2 aromatic rings. The maximum Gasteiger partial charge on any atom is 0.308 e. The molecule has 0 aliphatic carbocycles. The zero-order chi connectivity index (χ0) is 15.9. The highest BCUT2D eigenvalue weighted by Crippen LogP contribution is 2.38. The first-order valence-electron chi connectivity index (χ1n) is 6.44. The lowest BCUT2D eigenvalue weighted by atomic mass is 10.3. The fourth-order valence-corrected chi connectivity index (χ4v) is 3.49. The van der Waals surface area contributed by atoms with Gasteiger partial charge in [0.1, 0.15) is 11.5 Å². The van der Waals surface area contributed by atoms with Gasteiger partial charge in [0.25, 0.3) is 0 Å². The molecule has 0 heterocycles. The molecular weight excluding hydrogens is 320 g/mol. The van der Waals surface area contributed by atoms with Crippen LogP contribution in [0.3, 0.4) is 0 Å². The van der Waals surface area contributed by atoms with Gasteiger partial charge in [-0.05, 0) is 48.5 Å². The smallest absolute Gasteiger partial charge is 0.308 e. The van der Waals surface area contributed by atoms with Crippen molar-refractivity contribution in [3.63, 3.8) is 0 Å². The molecule has 0 aliphatic heterocycles. The van der Waals surface area contributed by atoms with Crippen molar-refractivity contribution in [3.8, 4) is 11.5 Å². The summed E-state index contributed by atoms with van der Waals surface area (Å²) in [5, 5.41) is 0. The van der Waals surface area contributed by atoms with E-state index in [2.05, 4.69) is 0 Å². The second-order valence-electron chi connectivity index (χ2n) is 4.30. The van der Waals surface area contributed by atoms with Crippen molar-refractivity contribution in [2.75, 3.05) is 0 Å². The first-order chi connectivity index (χ1) is 10.5. The average molecular weight is 334 g/mol. The molecule has 2 rings (SSSR count). The Morgan fingerprint density at radius 3 is 1.27 bits per heavy atom. The summed E-state index contributed by atoms with van der Waals surface area (Å²) in [7, 11) is 3.18. The number of rotatable bonds is 5. The number of carbonyl (C=O) groups excluding carboxylic acids is 2. The first kappa shape index (κ1) is 16.5. The van der Waals surface area contributed by atoms with Crippen LogP contribution in [0.1, 0.15) is 13.8 Å². The molecule has 0 radical (unpaired) electrons.